The van der Waals surface area contributed by atoms with Crippen molar-refractivity contribution in [2.24, 2.45) is 0 Å². The molecule has 0 aliphatic heterocycles. The van der Waals surface area contributed by atoms with E-state index in [1.54, 1.807) is 0 Å². The second-order valence-electron chi connectivity index (χ2n) is 20.8. The zero-order valence-electron chi connectivity index (χ0n) is 50.8. The van der Waals surface area contributed by atoms with E-state index < -0.39 is 57.8 Å². The van der Waals surface area contributed by atoms with Crippen LogP contribution in [-0.2, 0) is 42.2 Å². The first-order chi connectivity index (χ1) is 39.2. The van der Waals surface area contributed by atoms with Gasteiger partial charge in [-0.15, -0.1) is 0 Å². The van der Waals surface area contributed by atoms with E-state index in [4.69, 9.17) is 23.3 Å². The summed E-state index contributed by atoms with van der Waals surface area (Å²) < 4.78 is 39.6. The molecule has 0 saturated carbocycles. The molecular weight excluding hydrogens is 1020 g/mol. The Kier molecular flexibility index (Phi) is 58.3. The molecular formula is C68H115O11P. The first-order valence-corrected chi connectivity index (χ1v) is 33.3. The fourth-order valence-electron chi connectivity index (χ4n) is 8.44. The van der Waals surface area contributed by atoms with Gasteiger partial charge in [-0.05, 0) is 96.3 Å². The number of esters is 3. The molecule has 0 bridgehead atoms. The smallest absolute Gasteiger partial charge is 0.462 e. The summed E-state index contributed by atoms with van der Waals surface area (Å²) in [5.74, 6) is -1.55. The van der Waals surface area contributed by atoms with Crippen molar-refractivity contribution in [1.82, 2.24) is 0 Å². The van der Waals surface area contributed by atoms with Crippen LogP contribution in [0.5, 0.6) is 0 Å². The highest BCUT2D eigenvalue weighted by molar-refractivity contribution is 7.47. The molecule has 3 atom stereocenters. The maximum atomic E-state index is 13.0. The Bertz CT molecular complexity index is 1760. The number of allylic oxidation sites excluding steroid dienone is 18. The molecule has 0 fully saturated rings. The average Bonchev–Trinajstić information content (AvgIpc) is 3.45. The number of aliphatic hydroxyl groups excluding tert-OH is 1. The van der Waals surface area contributed by atoms with E-state index in [1.807, 2.05) is 6.08 Å². The van der Waals surface area contributed by atoms with E-state index in [9.17, 15) is 28.9 Å². The summed E-state index contributed by atoms with van der Waals surface area (Å²) >= 11 is 0. The highest BCUT2D eigenvalue weighted by atomic mass is 31.2. The van der Waals surface area contributed by atoms with Gasteiger partial charge in [-0.25, -0.2) is 4.57 Å². The summed E-state index contributed by atoms with van der Waals surface area (Å²) in [4.78, 5) is 48.7. The van der Waals surface area contributed by atoms with Crippen molar-refractivity contribution >= 4 is 25.7 Å². The topological polar surface area (TPSA) is 155 Å². The molecule has 0 aromatic carbocycles. The van der Waals surface area contributed by atoms with E-state index in [0.717, 1.165) is 116 Å². The molecule has 0 aliphatic carbocycles. The number of ether oxygens (including phenoxy) is 3. The van der Waals surface area contributed by atoms with Crippen LogP contribution in [0.2, 0.25) is 0 Å². The molecule has 80 heavy (non-hydrogen) atoms. The fraction of sp³-hybridized carbons (Fsp3) is 0.691. The normalized spacial score (nSPS) is 14.0. The molecule has 0 saturated heterocycles. The van der Waals surface area contributed by atoms with Gasteiger partial charge in [0.25, 0.3) is 0 Å². The summed E-state index contributed by atoms with van der Waals surface area (Å²) in [6.45, 7) is 4.37. The Morgan fingerprint density at radius 3 is 1.04 bits per heavy atom. The predicted octanol–water partition coefficient (Wildman–Crippen LogP) is 19.4. The molecule has 0 heterocycles. The third-order valence-electron chi connectivity index (χ3n) is 13.2. The number of rotatable bonds is 58. The van der Waals surface area contributed by atoms with Gasteiger partial charge in [-0.2, -0.15) is 0 Å². The van der Waals surface area contributed by atoms with Crippen LogP contribution >= 0.6 is 7.82 Å². The van der Waals surface area contributed by atoms with Crippen molar-refractivity contribution in [3.63, 3.8) is 0 Å². The molecule has 0 radical (unpaired) electrons. The highest BCUT2D eigenvalue weighted by Gasteiger charge is 2.28. The molecule has 458 valence electrons. The lowest BCUT2D eigenvalue weighted by atomic mass is 10.0. The van der Waals surface area contributed by atoms with Crippen LogP contribution in [0.15, 0.2) is 109 Å². The minimum Gasteiger partial charge on any atom is -0.462 e. The predicted molar refractivity (Wildman–Crippen MR) is 334 cm³/mol. The summed E-state index contributed by atoms with van der Waals surface area (Å²) in [7, 11) is -4.77. The van der Waals surface area contributed by atoms with Gasteiger partial charge < -0.3 is 24.2 Å². The second kappa shape index (κ2) is 61.2. The summed E-state index contributed by atoms with van der Waals surface area (Å²) in [5, 5.41) is 9.86. The van der Waals surface area contributed by atoms with Crippen LogP contribution in [0.25, 0.3) is 0 Å². The molecule has 0 amide bonds. The SMILES string of the molecule is CC/C=C\C/C=C\C/C=C\C/C=C\C/C=C\CCCC(=O)OCC(COP(=O)(O)OCC(CO)OC(=O)CCCCCCCCCCCCCCCCCCC)OC(=O)CCCCCCCC/C=C\C/C=C\C/C=C\C/C=C\CC. The summed E-state index contributed by atoms with van der Waals surface area (Å²) in [6, 6.07) is 0. The Morgan fingerprint density at radius 2 is 0.662 bits per heavy atom. The molecule has 3 unspecified atom stereocenters. The van der Waals surface area contributed by atoms with E-state index in [0.29, 0.717) is 25.7 Å². The van der Waals surface area contributed by atoms with Crippen LogP contribution in [0.3, 0.4) is 0 Å². The fourth-order valence-corrected chi connectivity index (χ4v) is 9.23. The van der Waals surface area contributed by atoms with Crippen molar-refractivity contribution in [2.75, 3.05) is 26.4 Å². The Balaban J connectivity index is 4.79. The molecule has 2 N–H and O–H groups in total. The lowest BCUT2D eigenvalue weighted by Gasteiger charge is -2.21. The maximum absolute atomic E-state index is 13.0. The van der Waals surface area contributed by atoms with E-state index in [-0.39, 0.29) is 25.9 Å². The summed E-state index contributed by atoms with van der Waals surface area (Å²) in [6.07, 6.45) is 74.7. The van der Waals surface area contributed by atoms with Gasteiger partial charge in [0.15, 0.2) is 6.10 Å². The first-order valence-electron chi connectivity index (χ1n) is 31.8. The van der Waals surface area contributed by atoms with E-state index >= 15 is 0 Å². The quantitative estimate of drug-likeness (QED) is 0.0197. The van der Waals surface area contributed by atoms with Crippen LogP contribution in [0.1, 0.15) is 265 Å². The minimum atomic E-state index is -4.77. The molecule has 12 heteroatoms. The lowest BCUT2D eigenvalue weighted by molar-refractivity contribution is -0.161. The number of phosphoric acid groups is 1. The summed E-state index contributed by atoms with van der Waals surface area (Å²) in [5.41, 5.74) is 0. The number of hydrogen-bond acceptors (Lipinski definition) is 10. The second-order valence-corrected chi connectivity index (χ2v) is 22.3. The number of carbonyl (C=O) groups excluding carboxylic acids is 3. The lowest BCUT2D eigenvalue weighted by Crippen LogP contribution is -2.30. The van der Waals surface area contributed by atoms with Crippen molar-refractivity contribution in [3.8, 4) is 0 Å². The van der Waals surface area contributed by atoms with E-state index in [1.165, 1.54) is 83.5 Å². The van der Waals surface area contributed by atoms with Crippen molar-refractivity contribution in [2.45, 2.75) is 277 Å². The molecule has 0 aromatic heterocycles. The van der Waals surface area contributed by atoms with Gasteiger partial charge in [0.2, 0.25) is 0 Å². The largest absolute Gasteiger partial charge is 0.472 e. The molecule has 0 aliphatic rings. The van der Waals surface area contributed by atoms with Gasteiger partial charge in [-0.1, -0.05) is 259 Å². The number of unbranched alkanes of at least 4 members (excludes halogenated alkanes) is 23. The van der Waals surface area contributed by atoms with Crippen molar-refractivity contribution in [3.05, 3.63) is 109 Å². The minimum absolute atomic E-state index is 0.135. The number of hydrogen-bond donors (Lipinski definition) is 2. The third-order valence-corrected chi connectivity index (χ3v) is 14.1. The third kappa shape index (κ3) is 58.8. The number of phosphoric ester groups is 1. The molecule has 11 nitrogen and oxygen atoms in total. The van der Waals surface area contributed by atoms with E-state index in [2.05, 4.69) is 124 Å². The van der Waals surface area contributed by atoms with Crippen LogP contribution in [0, 0.1) is 0 Å². The monoisotopic (exact) mass is 1140 g/mol. The highest BCUT2D eigenvalue weighted by Crippen LogP contribution is 2.43. The van der Waals surface area contributed by atoms with Gasteiger partial charge >= 0.3 is 25.7 Å². The average molecular weight is 1140 g/mol. The molecule has 0 spiro atoms. The zero-order chi connectivity index (χ0) is 58.3. The zero-order valence-corrected chi connectivity index (χ0v) is 51.7. The van der Waals surface area contributed by atoms with Gasteiger partial charge in [0.05, 0.1) is 19.8 Å². The van der Waals surface area contributed by atoms with Crippen molar-refractivity contribution < 1.29 is 52.2 Å². The number of carbonyl (C=O) groups is 3. The van der Waals surface area contributed by atoms with Crippen LogP contribution < -0.4 is 0 Å². The van der Waals surface area contributed by atoms with Crippen LogP contribution in [-0.4, -0.2) is 66.5 Å². The Hall–Kier alpha value is -3.86. The first kappa shape index (κ1) is 76.1. The Labute approximate surface area is 488 Å². The van der Waals surface area contributed by atoms with Crippen LogP contribution in [0.4, 0.5) is 0 Å². The Morgan fingerprint density at radius 1 is 0.362 bits per heavy atom. The van der Waals surface area contributed by atoms with Gasteiger partial charge in [-0.3, -0.25) is 23.4 Å². The molecule has 0 aromatic rings. The van der Waals surface area contributed by atoms with Gasteiger partial charge in [0.1, 0.15) is 12.7 Å². The van der Waals surface area contributed by atoms with Crippen molar-refractivity contribution in [1.29, 1.82) is 0 Å². The standard InChI is InChI=1S/C68H115O11P/c1-4-7-10-13-16-19-22-25-28-31-32-35-38-41-44-47-50-53-56-59-68(72)79-65(61-75-66(70)57-54-51-48-45-42-39-36-33-29-26-23-20-17-14-11-8-5-2)63-77-80(73,74)76-62-64(60-69)78-67(71)58-55-52-49-46-43-40-37-34-30-27-24-21-18-15-12-9-6-3/h7-8,10-11,16-17,19-20,25-26,28-29,32,35-36,39,45,48,64-65,69H,4-6,9,12-15,18,21-24,27,30-31,33-34,37-38,40-44,46-47,49-63H2,1-3H3,(H,73,74)/b10-7-,11-8-,19-16-,20-17-,28-25-,29-26-,35-32-,39-36-,48-45-. The molecule has 0 rings (SSSR count). The van der Waals surface area contributed by atoms with Gasteiger partial charge in [0, 0.05) is 19.3 Å². The maximum Gasteiger partial charge on any atom is 0.472 e. The number of aliphatic hydroxyl groups is 1.